The Hall–Kier alpha value is -2.89. The standard InChI is InChI=1S/C19H22FN5/c1-14-5-4-6-18-23-17(13-25(14)18)11-22-19(21-2)24(3)12-15-7-9-16(20)10-8-15/h4-10,13H,11-12H2,1-3H3,(H,21,22). The Balaban J connectivity index is 1.65. The third kappa shape index (κ3) is 3.96. The van der Waals surface area contributed by atoms with Crippen molar-refractivity contribution < 1.29 is 4.39 Å². The number of nitrogens with zero attached hydrogens (tertiary/aromatic N) is 4. The van der Waals surface area contributed by atoms with E-state index in [1.165, 1.54) is 12.1 Å². The molecule has 0 bridgehead atoms. The fraction of sp³-hybridized carbons (Fsp3) is 0.263. The number of aliphatic imine (C=N–C) groups is 1. The molecule has 0 saturated carbocycles. The van der Waals surface area contributed by atoms with Crippen LogP contribution in [0.1, 0.15) is 17.0 Å². The molecule has 5 nitrogen and oxygen atoms in total. The summed E-state index contributed by atoms with van der Waals surface area (Å²) in [5.74, 6) is 0.536. The molecule has 0 saturated heterocycles. The van der Waals surface area contributed by atoms with E-state index in [2.05, 4.69) is 32.7 Å². The lowest BCUT2D eigenvalue weighted by Gasteiger charge is -2.21. The molecule has 6 heteroatoms. The minimum Gasteiger partial charge on any atom is -0.351 e. The normalized spacial score (nSPS) is 11.8. The van der Waals surface area contributed by atoms with Crippen LogP contribution >= 0.6 is 0 Å². The number of imidazole rings is 1. The van der Waals surface area contributed by atoms with E-state index in [9.17, 15) is 4.39 Å². The second kappa shape index (κ2) is 7.34. The number of rotatable bonds is 4. The quantitative estimate of drug-likeness (QED) is 0.587. The molecule has 2 heterocycles. The van der Waals surface area contributed by atoms with Crippen molar-refractivity contribution in [3.05, 3.63) is 71.4 Å². The van der Waals surface area contributed by atoms with Crippen molar-refractivity contribution >= 4 is 11.6 Å². The van der Waals surface area contributed by atoms with Gasteiger partial charge in [-0.3, -0.25) is 4.99 Å². The summed E-state index contributed by atoms with van der Waals surface area (Å²) in [7, 11) is 3.70. The van der Waals surface area contributed by atoms with Gasteiger partial charge < -0.3 is 14.6 Å². The minimum absolute atomic E-state index is 0.226. The van der Waals surface area contributed by atoms with E-state index >= 15 is 0 Å². The van der Waals surface area contributed by atoms with Crippen molar-refractivity contribution in [2.45, 2.75) is 20.0 Å². The maximum Gasteiger partial charge on any atom is 0.194 e. The van der Waals surface area contributed by atoms with Crippen molar-refractivity contribution in [3.8, 4) is 0 Å². The van der Waals surface area contributed by atoms with E-state index in [4.69, 9.17) is 0 Å². The van der Waals surface area contributed by atoms with E-state index in [0.29, 0.717) is 13.1 Å². The molecule has 0 radical (unpaired) electrons. The van der Waals surface area contributed by atoms with Crippen molar-refractivity contribution in [1.82, 2.24) is 19.6 Å². The van der Waals surface area contributed by atoms with Crippen LogP contribution in [-0.4, -0.2) is 34.3 Å². The molecule has 1 N–H and O–H groups in total. The van der Waals surface area contributed by atoms with Crippen LogP contribution in [0.2, 0.25) is 0 Å². The second-order valence-corrected chi connectivity index (χ2v) is 6.01. The summed E-state index contributed by atoms with van der Waals surface area (Å²) in [5.41, 5.74) is 4.06. The van der Waals surface area contributed by atoms with Crippen LogP contribution in [-0.2, 0) is 13.1 Å². The molecule has 0 fully saturated rings. The Morgan fingerprint density at radius 3 is 2.68 bits per heavy atom. The first-order valence-corrected chi connectivity index (χ1v) is 8.16. The highest BCUT2D eigenvalue weighted by Gasteiger charge is 2.09. The van der Waals surface area contributed by atoms with E-state index < -0.39 is 0 Å². The van der Waals surface area contributed by atoms with Gasteiger partial charge in [0.2, 0.25) is 0 Å². The molecule has 0 aliphatic heterocycles. The lowest BCUT2D eigenvalue weighted by molar-refractivity contribution is 0.475. The Morgan fingerprint density at radius 1 is 1.24 bits per heavy atom. The van der Waals surface area contributed by atoms with Crippen molar-refractivity contribution in [3.63, 3.8) is 0 Å². The van der Waals surface area contributed by atoms with Gasteiger partial charge in [-0.25, -0.2) is 9.37 Å². The second-order valence-electron chi connectivity index (χ2n) is 6.01. The number of aryl methyl sites for hydroxylation is 1. The van der Waals surface area contributed by atoms with Gasteiger partial charge in [0, 0.05) is 32.5 Å². The van der Waals surface area contributed by atoms with Crippen LogP contribution in [0.15, 0.2) is 53.7 Å². The van der Waals surface area contributed by atoms with Gasteiger partial charge in [-0.05, 0) is 36.8 Å². The first kappa shape index (κ1) is 17.0. The summed E-state index contributed by atoms with van der Waals surface area (Å²) in [5, 5.41) is 3.32. The summed E-state index contributed by atoms with van der Waals surface area (Å²) in [6, 6.07) is 12.6. The number of nitrogens with one attached hydrogen (secondary N) is 1. The van der Waals surface area contributed by atoms with Crippen molar-refractivity contribution in [1.29, 1.82) is 0 Å². The summed E-state index contributed by atoms with van der Waals surface area (Å²) in [6.45, 7) is 3.28. The summed E-state index contributed by atoms with van der Waals surface area (Å²) >= 11 is 0. The van der Waals surface area contributed by atoms with Gasteiger partial charge in [0.1, 0.15) is 11.5 Å². The lowest BCUT2D eigenvalue weighted by Crippen LogP contribution is -2.38. The molecule has 130 valence electrons. The monoisotopic (exact) mass is 339 g/mol. The Morgan fingerprint density at radius 2 is 2.00 bits per heavy atom. The Bertz CT molecular complexity index is 882. The van der Waals surface area contributed by atoms with E-state index in [0.717, 1.165) is 28.6 Å². The zero-order chi connectivity index (χ0) is 17.8. The van der Waals surface area contributed by atoms with Crippen LogP contribution in [0.4, 0.5) is 4.39 Å². The number of fused-ring (bicyclic) bond motifs is 1. The minimum atomic E-state index is -0.226. The summed E-state index contributed by atoms with van der Waals surface area (Å²) in [4.78, 5) is 10.9. The molecule has 3 aromatic rings. The first-order valence-electron chi connectivity index (χ1n) is 8.16. The maximum atomic E-state index is 13.0. The van der Waals surface area contributed by atoms with Gasteiger partial charge in [0.05, 0.1) is 12.2 Å². The van der Waals surface area contributed by atoms with Crippen molar-refractivity contribution in [2.75, 3.05) is 14.1 Å². The van der Waals surface area contributed by atoms with Gasteiger partial charge >= 0.3 is 0 Å². The van der Waals surface area contributed by atoms with Gasteiger partial charge in [-0.2, -0.15) is 0 Å². The van der Waals surface area contributed by atoms with Crippen LogP contribution in [0.25, 0.3) is 5.65 Å². The Labute approximate surface area is 146 Å². The molecule has 0 atom stereocenters. The molecule has 1 aromatic carbocycles. The van der Waals surface area contributed by atoms with Gasteiger partial charge in [0.25, 0.3) is 0 Å². The molecule has 3 rings (SSSR count). The van der Waals surface area contributed by atoms with Crippen LogP contribution in [0.5, 0.6) is 0 Å². The SMILES string of the molecule is CN=C(NCc1cn2c(C)cccc2n1)N(C)Cc1ccc(F)cc1. The molecule has 0 amide bonds. The molecular formula is C19H22FN5. The highest BCUT2D eigenvalue weighted by molar-refractivity contribution is 5.79. The summed E-state index contributed by atoms with van der Waals surface area (Å²) in [6.07, 6.45) is 2.03. The van der Waals surface area contributed by atoms with Crippen molar-refractivity contribution in [2.24, 2.45) is 4.99 Å². The molecular weight excluding hydrogens is 317 g/mol. The van der Waals surface area contributed by atoms with Crippen LogP contribution in [0, 0.1) is 12.7 Å². The first-order chi connectivity index (χ1) is 12.1. The zero-order valence-electron chi connectivity index (χ0n) is 14.7. The predicted octanol–water partition coefficient (Wildman–Crippen LogP) is 2.99. The molecule has 0 spiro atoms. The van der Waals surface area contributed by atoms with Gasteiger partial charge in [-0.1, -0.05) is 18.2 Å². The topological polar surface area (TPSA) is 44.9 Å². The zero-order valence-corrected chi connectivity index (χ0v) is 14.7. The number of benzene rings is 1. The third-order valence-corrected chi connectivity index (χ3v) is 4.08. The van der Waals surface area contributed by atoms with Gasteiger partial charge in [-0.15, -0.1) is 0 Å². The summed E-state index contributed by atoms with van der Waals surface area (Å²) < 4.78 is 15.1. The Kier molecular flexibility index (Phi) is 4.97. The molecule has 2 aromatic heterocycles. The highest BCUT2D eigenvalue weighted by Crippen LogP contribution is 2.09. The maximum absolute atomic E-state index is 13.0. The molecule has 0 unspecified atom stereocenters. The van der Waals surface area contributed by atoms with E-state index in [1.54, 1.807) is 19.2 Å². The predicted molar refractivity (Wildman–Crippen MR) is 98.0 cm³/mol. The van der Waals surface area contributed by atoms with Crippen LogP contribution < -0.4 is 5.32 Å². The average Bonchev–Trinajstić information content (AvgIpc) is 3.02. The fourth-order valence-corrected chi connectivity index (χ4v) is 2.78. The van der Waals surface area contributed by atoms with Crippen LogP contribution in [0.3, 0.4) is 0 Å². The molecule has 0 aliphatic carbocycles. The molecule has 0 aliphatic rings. The third-order valence-electron chi connectivity index (χ3n) is 4.08. The lowest BCUT2D eigenvalue weighted by atomic mass is 10.2. The average molecular weight is 339 g/mol. The smallest absolute Gasteiger partial charge is 0.194 e. The number of hydrogen-bond donors (Lipinski definition) is 1. The highest BCUT2D eigenvalue weighted by atomic mass is 19.1. The fourth-order valence-electron chi connectivity index (χ4n) is 2.78. The number of pyridine rings is 1. The van der Waals surface area contributed by atoms with Gasteiger partial charge in [0.15, 0.2) is 5.96 Å². The number of halogens is 1. The number of hydrogen-bond acceptors (Lipinski definition) is 2. The molecule has 25 heavy (non-hydrogen) atoms. The number of guanidine groups is 1. The largest absolute Gasteiger partial charge is 0.351 e. The number of aromatic nitrogens is 2. The van der Waals surface area contributed by atoms with E-state index in [-0.39, 0.29) is 5.82 Å². The van der Waals surface area contributed by atoms with E-state index in [1.807, 2.05) is 30.3 Å².